The molecule has 0 heterocycles. The van der Waals surface area contributed by atoms with Gasteiger partial charge in [0, 0.05) is 11.0 Å². The topological polar surface area (TPSA) is 41.5 Å². The molecule has 3 nitrogen and oxygen atoms in total. The predicted octanol–water partition coefficient (Wildman–Crippen LogP) is 2.14. The lowest BCUT2D eigenvalue weighted by Gasteiger charge is -2.13. The van der Waals surface area contributed by atoms with Crippen LogP contribution in [0.3, 0.4) is 0 Å². The smallest absolute Gasteiger partial charge is 0.119 e. The zero-order chi connectivity index (χ0) is 12.5. The average Bonchev–Trinajstić information content (AvgIpc) is 2.34. The van der Waals surface area contributed by atoms with Crippen LogP contribution in [0.4, 0.5) is 4.39 Å². The molecule has 1 unspecified atom stereocenters. The second-order valence-electron chi connectivity index (χ2n) is 3.67. The quantitative estimate of drug-likeness (QED) is 0.723. The van der Waals surface area contributed by atoms with Crippen molar-refractivity contribution in [1.29, 1.82) is 0 Å². The molecule has 0 aliphatic heterocycles. The minimum Gasteiger partial charge on any atom is -0.491 e. The first-order valence-corrected chi connectivity index (χ1v) is 6.35. The molecule has 1 atom stereocenters. The van der Waals surface area contributed by atoms with E-state index in [1.54, 1.807) is 0 Å². The summed E-state index contributed by atoms with van der Waals surface area (Å²) in [7, 11) is 0. The number of aliphatic hydroxyl groups excluding tert-OH is 1. The number of benzene rings is 1. The molecule has 0 aromatic heterocycles. The maximum absolute atomic E-state index is 11.8. The fourth-order valence-electron chi connectivity index (χ4n) is 1.24. The Bertz CT molecular complexity index is 308. The van der Waals surface area contributed by atoms with Crippen molar-refractivity contribution in [2.75, 3.05) is 26.4 Å². The summed E-state index contributed by atoms with van der Waals surface area (Å²) in [5, 5.41) is 12.5. The number of alkyl halides is 1. The molecule has 0 saturated heterocycles. The van der Waals surface area contributed by atoms with Crippen LogP contribution in [0.25, 0.3) is 0 Å². The van der Waals surface area contributed by atoms with Crippen molar-refractivity contribution in [2.24, 2.45) is 0 Å². The summed E-state index contributed by atoms with van der Waals surface area (Å²) in [5.41, 5.74) is 0. The summed E-state index contributed by atoms with van der Waals surface area (Å²) in [4.78, 5) is 0. The van der Waals surface area contributed by atoms with Gasteiger partial charge in [-0.05, 0) is 37.2 Å². The SMILES string of the molecule is OC(CNCCCF)COc1ccc(Br)cc1. The fourth-order valence-corrected chi connectivity index (χ4v) is 1.51. The highest BCUT2D eigenvalue weighted by Gasteiger charge is 2.04. The number of ether oxygens (including phenoxy) is 1. The van der Waals surface area contributed by atoms with Crippen LogP contribution in [-0.2, 0) is 0 Å². The Morgan fingerprint density at radius 2 is 2.06 bits per heavy atom. The molecule has 0 saturated carbocycles. The van der Waals surface area contributed by atoms with Gasteiger partial charge < -0.3 is 15.2 Å². The molecule has 0 radical (unpaired) electrons. The first-order valence-electron chi connectivity index (χ1n) is 5.55. The van der Waals surface area contributed by atoms with Gasteiger partial charge in [-0.25, -0.2) is 0 Å². The maximum Gasteiger partial charge on any atom is 0.119 e. The van der Waals surface area contributed by atoms with Gasteiger partial charge in [0.15, 0.2) is 0 Å². The minimum absolute atomic E-state index is 0.226. The number of nitrogens with one attached hydrogen (secondary N) is 1. The molecular weight excluding hydrogens is 289 g/mol. The van der Waals surface area contributed by atoms with Gasteiger partial charge in [-0.1, -0.05) is 15.9 Å². The van der Waals surface area contributed by atoms with Crippen LogP contribution in [0.5, 0.6) is 5.75 Å². The molecule has 1 aromatic rings. The van der Waals surface area contributed by atoms with Gasteiger partial charge in [-0.3, -0.25) is 4.39 Å². The molecule has 1 rings (SSSR count). The van der Waals surface area contributed by atoms with Crippen LogP contribution < -0.4 is 10.1 Å². The largest absolute Gasteiger partial charge is 0.491 e. The third kappa shape index (κ3) is 6.61. The van der Waals surface area contributed by atoms with Crippen LogP contribution in [-0.4, -0.2) is 37.6 Å². The highest BCUT2D eigenvalue weighted by Crippen LogP contribution is 2.16. The van der Waals surface area contributed by atoms with Crippen molar-refractivity contribution in [3.8, 4) is 5.75 Å². The van der Waals surface area contributed by atoms with Gasteiger partial charge in [0.25, 0.3) is 0 Å². The molecule has 2 N–H and O–H groups in total. The first kappa shape index (κ1) is 14.4. The van der Waals surface area contributed by atoms with Gasteiger partial charge in [0.05, 0.1) is 6.67 Å². The molecule has 5 heteroatoms. The van der Waals surface area contributed by atoms with Crippen molar-refractivity contribution in [3.05, 3.63) is 28.7 Å². The Kier molecular flexibility index (Phi) is 7.16. The summed E-state index contributed by atoms with van der Waals surface area (Å²) in [6.45, 7) is 0.880. The van der Waals surface area contributed by atoms with Crippen LogP contribution >= 0.6 is 15.9 Å². The second-order valence-corrected chi connectivity index (χ2v) is 4.58. The molecule has 96 valence electrons. The number of halogens is 2. The monoisotopic (exact) mass is 305 g/mol. The van der Waals surface area contributed by atoms with E-state index in [9.17, 15) is 9.50 Å². The summed E-state index contributed by atoms with van der Waals surface area (Å²) in [6, 6.07) is 7.41. The zero-order valence-electron chi connectivity index (χ0n) is 9.53. The third-order valence-corrected chi connectivity index (χ3v) is 2.65. The fraction of sp³-hybridized carbons (Fsp3) is 0.500. The lowest BCUT2D eigenvalue weighted by Crippen LogP contribution is -2.32. The van der Waals surface area contributed by atoms with Crippen molar-refractivity contribution >= 4 is 15.9 Å². The van der Waals surface area contributed by atoms with E-state index < -0.39 is 6.10 Å². The molecule has 0 bridgehead atoms. The normalized spacial score (nSPS) is 12.4. The molecule has 0 aliphatic rings. The second kappa shape index (κ2) is 8.44. The molecular formula is C12H17BrFNO2. The Balaban J connectivity index is 2.14. The third-order valence-electron chi connectivity index (χ3n) is 2.12. The maximum atomic E-state index is 11.8. The van der Waals surface area contributed by atoms with Gasteiger partial charge in [-0.2, -0.15) is 0 Å². The van der Waals surface area contributed by atoms with Crippen molar-refractivity contribution in [3.63, 3.8) is 0 Å². The van der Waals surface area contributed by atoms with Gasteiger partial charge in [0.1, 0.15) is 18.5 Å². The molecule has 0 spiro atoms. The van der Waals surface area contributed by atoms with Crippen LogP contribution in [0.15, 0.2) is 28.7 Å². The zero-order valence-corrected chi connectivity index (χ0v) is 11.1. The average molecular weight is 306 g/mol. The van der Waals surface area contributed by atoms with E-state index in [-0.39, 0.29) is 13.3 Å². The predicted molar refractivity (Wildman–Crippen MR) is 69.1 cm³/mol. The molecule has 17 heavy (non-hydrogen) atoms. The molecule has 0 aliphatic carbocycles. The van der Waals surface area contributed by atoms with Crippen LogP contribution in [0, 0.1) is 0 Å². The van der Waals surface area contributed by atoms with Gasteiger partial charge in [-0.15, -0.1) is 0 Å². The van der Waals surface area contributed by atoms with E-state index in [0.717, 1.165) is 10.2 Å². The van der Waals surface area contributed by atoms with E-state index in [1.165, 1.54) is 0 Å². The first-order chi connectivity index (χ1) is 8.22. The standard InChI is InChI=1S/C12H17BrFNO2/c13-10-2-4-12(5-3-10)17-9-11(16)8-15-7-1-6-14/h2-5,11,15-16H,1,6-9H2. The number of rotatable bonds is 8. The summed E-state index contributed by atoms with van der Waals surface area (Å²) >= 11 is 3.33. The summed E-state index contributed by atoms with van der Waals surface area (Å²) in [6.07, 6.45) is -0.112. The lowest BCUT2D eigenvalue weighted by molar-refractivity contribution is 0.106. The highest BCUT2D eigenvalue weighted by molar-refractivity contribution is 9.10. The van der Waals surface area contributed by atoms with Crippen LogP contribution in [0.2, 0.25) is 0 Å². The van der Waals surface area contributed by atoms with E-state index in [1.807, 2.05) is 24.3 Å². The Morgan fingerprint density at radius 3 is 2.71 bits per heavy atom. The molecule has 0 amide bonds. The van der Waals surface area contributed by atoms with E-state index in [2.05, 4.69) is 21.2 Å². The van der Waals surface area contributed by atoms with E-state index >= 15 is 0 Å². The summed E-state index contributed by atoms with van der Waals surface area (Å²) in [5.74, 6) is 0.719. The molecule has 0 fully saturated rings. The number of hydrogen-bond donors (Lipinski definition) is 2. The highest BCUT2D eigenvalue weighted by atomic mass is 79.9. The number of hydrogen-bond acceptors (Lipinski definition) is 3. The minimum atomic E-state index is -0.585. The van der Waals surface area contributed by atoms with Crippen LogP contribution in [0.1, 0.15) is 6.42 Å². The van der Waals surface area contributed by atoms with Crippen molar-refractivity contribution in [1.82, 2.24) is 5.32 Å². The van der Waals surface area contributed by atoms with Crippen molar-refractivity contribution in [2.45, 2.75) is 12.5 Å². The van der Waals surface area contributed by atoms with E-state index in [0.29, 0.717) is 19.5 Å². The summed E-state index contributed by atoms with van der Waals surface area (Å²) < 4.78 is 18.2. The Morgan fingerprint density at radius 1 is 1.35 bits per heavy atom. The number of aliphatic hydroxyl groups is 1. The van der Waals surface area contributed by atoms with Gasteiger partial charge in [0.2, 0.25) is 0 Å². The van der Waals surface area contributed by atoms with Crippen molar-refractivity contribution < 1.29 is 14.2 Å². The molecule has 1 aromatic carbocycles. The van der Waals surface area contributed by atoms with Gasteiger partial charge >= 0.3 is 0 Å². The lowest BCUT2D eigenvalue weighted by atomic mass is 10.3. The van der Waals surface area contributed by atoms with E-state index in [4.69, 9.17) is 4.74 Å². The Labute approximate surface area is 109 Å². The Hall–Kier alpha value is -0.650.